The van der Waals surface area contributed by atoms with Crippen molar-refractivity contribution in [2.24, 2.45) is 17.3 Å². The normalized spacial score (nSPS) is 30.3. The second-order valence-electron chi connectivity index (χ2n) is 11.1. The van der Waals surface area contributed by atoms with Crippen LogP contribution in [-0.4, -0.2) is 55.0 Å². The maximum absolute atomic E-state index is 14.0. The lowest BCUT2D eigenvalue weighted by atomic mass is 9.90. The van der Waals surface area contributed by atoms with E-state index in [4.69, 9.17) is 4.74 Å². The summed E-state index contributed by atoms with van der Waals surface area (Å²) in [5, 5.41) is 2.60. The van der Waals surface area contributed by atoms with Crippen molar-refractivity contribution in [1.29, 1.82) is 0 Å². The van der Waals surface area contributed by atoms with Crippen LogP contribution in [0, 0.1) is 23.1 Å². The Morgan fingerprint density at radius 1 is 1.16 bits per heavy atom. The second-order valence-corrected chi connectivity index (χ2v) is 13.0. The average Bonchev–Trinajstić information content (AvgIpc) is 3.73. The lowest BCUT2D eigenvalue weighted by Crippen LogP contribution is -2.42. The fourth-order valence-electron chi connectivity index (χ4n) is 5.89. The molecule has 2 aliphatic heterocycles. The molecule has 5 aliphatic rings. The molecule has 1 aromatic carbocycles. The van der Waals surface area contributed by atoms with Crippen LogP contribution in [0.25, 0.3) is 0 Å². The molecule has 37 heavy (non-hydrogen) atoms. The minimum Gasteiger partial charge on any atom is -0.445 e. The maximum Gasteiger partial charge on any atom is 0.410 e. The molecule has 1 aromatic rings. The van der Waals surface area contributed by atoms with E-state index in [0.29, 0.717) is 37.3 Å². The van der Waals surface area contributed by atoms with Crippen molar-refractivity contribution in [2.75, 3.05) is 6.54 Å². The van der Waals surface area contributed by atoms with Crippen LogP contribution >= 0.6 is 12.4 Å². The first-order valence-corrected chi connectivity index (χ1v) is 14.2. The summed E-state index contributed by atoms with van der Waals surface area (Å²) < 4.78 is 46.6. The number of carbonyl (C=O) groups excluding carboxylic acids is 3. The van der Waals surface area contributed by atoms with Gasteiger partial charge >= 0.3 is 6.09 Å². The summed E-state index contributed by atoms with van der Waals surface area (Å²) in [7, 11) is -3.68. The van der Waals surface area contributed by atoms with Gasteiger partial charge < -0.3 is 10.1 Å². The van der Waals surface area contributed by atoms with E-state index in [1.54, 1.807) is 12.1 Å². The summed E-state index contributed by atoms with van der Waals surface area (Å²) in [6.45, 7) is 0.726. The number of nitrogens with zero attached hydrogens (tertiary/aromatic N) is 1. The number of hydrogen-bond donors (Lipinski definition) is 2. The number of carbonyl (C=O) groups is 3. The highest BCUT2D eigenvalue weighted by Crippen LogP contribution is 2.65. The Morgan fingerprint density at radius 2 is 1.92 bits per heavy atom. The third-order valence-electron chi connectivity index (χ3n) is 8.40. The molecular formula is C25H31ClFN3O6S. The van der Waals surface area contributed by atoms with E-state index in [-0.39, 0.29) is 55.9 Å². The van der Waals surface area contributed by atoms with Crippen molar-refractivity contribution in [2.45, 2.75) is 75.4 Å². The molecule has 1 saturated heterocycles. The van der Waals surface area contributed by atoms with Crippen molar-refractivity contribution in [1.82, 2.24) is 14.9 Å². The Balaban J connectivity index is 0.00000280. The highest BCUT2D eigenvalue weighted by Gasteiger charge is 2.66. The zero-order chi connectivity index (χ0) is 25.2. The van der Waals surface area contributed by atoms with Gasteiger partial charge in [0.05, 0.1) is 23.3 Å². The molecule has 0 aromatic heterocycles. The van der Waals surface area contributed by atoms with Crippen LogP contribution in [0.2, 0.25) is 0 Å². The summed E-state index contributed by atoms with van der Waals surface area (Å²) in [6, 6.07) is 4.20. The molecule has 2 amide bonds. The zero-order valence-electron chi connectivity index (χ0n) is 20.3. The molecule has 6 rings (SSSR count). The van der Waals surface area contributed by atoms with Crippen molar-refractivity contribution in [3.63, 3.8) is 0 Å². The molecule has 202 valence electrons. The van der Waals surface area contributed by atoms with Gasteiger partial charge in [-0.05, 0) is 55.6 Å². The average molecular weight is 556 g/mol. The minimum absolute atomic E-state index is 0. The van der Waals surface area contributed by atoms with Crippen LogP contribution < -0.4 is 10.0 Å². The Labute approximate surface area is 221 Å². The van der Waals surface area contributed by atoms with E-state index in [9.17, 15) is 27.2 Å². The fourth-order valence-corrected chi connectivity index (χ4v) is 7.27. The Hall–Kier alpha value is -2.24. The number of halogens is 2. The van der Waals surface area contributed by atoms with Crippen LogP contribution in [0.5, 0.6) is 0 Å². The van der Waals surface area contributed by atoms with Gasteiger partial charge in [0.2, 0.25) is 15.9 Å². The van der Waals surface area contributed by atoms with Crippen molar-refractivity contribution in [3.05, 3.63) is 35.1 Å². The van der Waals surface area contributed by atoms with Gasteiger partial charge in [0.25, 0.3) is 0 Å². The zero-order valence-corrected chi connectivity index (χ0v) is 21.9. The van der Waals surface area contributed by atoms with Gasteiger partial charge in [-0.2, -0.15) is 0 Å². The molecule has 4 fully saturated rings. The van der Waals surface area contributed by atoms with Crippen LogP contribution in [-0.2, 0) is 37.4 Å². The Kier molecular flexibility index (Phi) is 6.77. The van der Waals surface area contributed by atoms with E-state index in [2.05, 4.69) is 10.0 Å². The summed E-state index contributed by atoms with van der Waals surface area (Å²) in [5.74, 6) is -0.619. The molecule has 4 atom stereocenters. The number of ether oxygens (including phenoxy) is 1. The molecular weight excluding hydrogens is 525 g/mol. The topological polar surface area (TPSA) is 122 Å². The van der Waals surface area contributed by atoms with Gasteiger partial charge in [-0.1, -0.05) is 12.1 Å². The number of benzene rings is 1. The van der Waals surface area contributed by atoms with Gasteiger partial charge in [0, 0.05) is 31.5 Å². The molecule has 9 nitrogen and oxygen atoms in total. The SMILES string of the molecule is Cl.O=C(C[C@]1(C(=O)NS(=O)(=O)C2CC2)C[C@H]1C1CC1)[C@@H]1C[C@@H](OC(=O)N2Cc3cccc(F)c3C2)CN1. The number of sulfonamides is 1. The van der Waals surface area contributed by atoms with E-state index in [0.717, 1.165) is 18.4 Å². The minimum atomic E-state index is -3.68. The monoisotopic (exact) mass is 555 g/mol. The van der Waals surface area contributed by atoms with Crippen LogP contribution in [0.3, 0.4) is 0 Å². The highest BCUT2D eigenvalue weighted by molar-refractivity contribution is 7.90. The molecule has 0 bridgehead atoms. The van der Waals surface area contributed by atoms with Crippen molar-refractivity contribution < 1.29 is 31.9 Å². The number of hydrogen-bond acceptors (Lipinski definition) is 7. The van der Waals surface area contributed by atoms with E-state index >= 15 is 0 Å². The van der Waals surface area contributed by atoms with Crippen molar-refractivity contribution >= 4 is 40.2 Å². The molecule has 0 unspecified atom stereocenters. The number of amides is 2. The number of nitrogens with one attached hydrogen (secondary N) is 2. The van der Waals surface area contributed by atoms with E-state index in [1.165, 1.54) is 11.0 Å². The third kappa shape index (κ3) is 5.09. The van der Waals surface area contributed by atoms with Gasteiger partial charge in [0.15, 0.2) is 5.78 Å². The molecule has 2 N–H and O–H groups in total. The predicted octanol–water partition coefficient (Wildman–Crippen LogP) is 2.41. The molecule has 3 saturated carbocycles. The van der Waals surface area contributed by atoms with Crippen molar-refractivity contribution in [3.8, 4) is 0 Å². The first kappa shape index (κ1) is 26.4. The van der Waals surface area contributed by atoms with E-state index in [1.807, 2.05) is 0 Å². The first-order chi connectivity index (χ1) is 17.2. The van der Waals surface area contributed by atoms with Gasteiger partial charge in [-0.3, -0.25) is 19.2 Å². The molecule has 3 aliphatic carbocycles. The maximum atomic E-state index is 14.0. The number of rotatable bonds is 8. The Bertz CT molecular complexity index is 1240. The van der Waals surface area contributed by atoms with Gasteiger partial charge in [-0.25, -0.2) is 17.6 Å². The molecule has 12 heteroatoms. The lowest BCUT2D eigenvalue weighted by Gasteiger charge is -2.20. The lowest BCUT2D eigenvalue weighted by molar-refractivity contribution is -0.131. The van der Waals surface area contributed by atoms with Crippen LogP contribution in [0.15, 0.2) is 18.2 Å². The van der Waals surface area contributed by atoms with Crippen LogP contribution in [0.4, 0.5) is 9.18 Å². The highest BCUT2D eigenvalue weighted by atomic mass is 35.5. The summed E-state index contributed by atoms with van der Waals surface area (Å²) >= 11 is 0. The molecule has 0 spiro atoms. The molecule has 0 radical (unpaired) electrons. The van der Waals surface area contributed by atoms with E-state index < -0.39 is 44.8 Å². The second kappa shape index (κ2) is 9.50. The van der Waals surface area contributed by atoms with Gasteiger partial charge in [-0.15, -0.1) is 12.4 Å². The molecule has 2 heterocycles. The summed E-state index contributed by atoms with van der Waals surface area (Å²) in [5.41, 5.74) is 0.294. The summed E-state index contributed by atoms with van der Waals surface area (Å²) in [4.78, 5) is 40.4. The van der Waals surface area contributed by atoms with Gasteiger partial charge in [0.1, 0.15) is 11.9 Å². The fraction of sp³-hybridized carbons (Fsp3) is 0.640. The smallest absolute Gasteiger partial charge is 0.410 e. The number of Topliss-reactive ketones (excluding diaryl/α,β-unsaturated/α-hetero) is 1. The third-order valence-corrected chi connectivity index (χ3v) is 10.2. The number of fused-ring (bicyclic) bond motifs is 1. The standard InChI is InChI=1S/C25H30FN3O6S.ClH/c26-20-3-1-2-15-12-29(13-18(15)20)24(32)35-16-8-21(27-11-16)22(30)10-25(9-19(25)14-4-5-14)23(31)28-36(33,34)17-6-7-17;/h1-3,14,16-17,19,21,27H,4-13H2,(H,28,31);1H/t16-,19+,21+,25-;/m1./s1. The quantitative estimate of drug-likeness (QED) is 0.505. The first-order valence-electron chi connectivity index (χ1n) is 12.7. The summed E-state index contributed by atoms with van der Waals surface area (Å²) in [6.07, 6.45) is 2.87. The Morgan fingerprint density at radius 3 is 2.59 bits per heavy atom. The largest absolute Gasteiger partial charge is 0.445 e. The van der Waals surface area contributed by atoms with Crippen LogP contribution in [0.1, 0.15) is 56.1 Å². The number of ketones is 1. The predicted molar refractivity (Wildman–Crippen MR) is 133 cm³/mol.